The second kappa shape index (κ2) is 4.49. The lowest BCUT2D eigenvalue weighted by Crippen LogP contribution is -2.46. The average molecular weight is 249 g/mol. The molecule has 0 radical (unpaired) electrons. The summed E-state index contributed by atoms with van der Waals surface area (Å²) in [5, 5.41) is 0. The Morgan fingerprint density at radius 1 is 0.944 bits per heavy atom. The minimum Gasteiger partial charge on any atom is -0.379 e. The highest BCUT2D eigenvalue weighted by Gasteiger charge is 2.47. The number of nitrogens with zero attached hydrogens (tertiary/aromatic N) is 1. The van der Waals surface area contributed by atoms with Crippen molar-refractivity contribution in [3.8, 4) is 0 Å². The molecule has 1 heterocycles. The highest BCUT2D eigenvalue weighted by Crippen LogP contribution is 2.57. The number of morpholine rings is 1. The van der Waals surface area contributed by atoms with Crippen LogP contribution in [0.3, 0.4) is 0 Å². The van der Waals surface area contributed by atoms with Crippen LogP contribution in [-0.4, -0.2) is 37.7 Å². The second-order valence-electron chi connectivity index (χ2n) is 7.64. The molecule has 4 saturated carbocycles. The van der Waals surface area contributed by atoms with Crippen molar-refractivity contribution in [3.05, 3.63) is 0 Å². The fourth-order valence-electron chi connectivity index (χ4n) is 5.74. The molecule has 2 unspecified atom stereocenters. The van der Waals surface area contributed by atoms with Crippen LogP contribution in [0, 0.1) is 23.2 Å². The predicted octanol–water partition coefficient (Wildman–Crippen LogP) is 2.93. The Hall–Kier alpha value is -0.0800. The Labute approximate surface area is 111 Å². The zero-order chi connectivity index (χ0) is 12.0. The van der Waals surface area contributed by atoms with Crippen molar-refractivity contribution in [2.45, 2.75) is 44.9 Å². The van der Waals surface area contributed by atoms with Gasteiger partial charge < -0.3 is 4.74 Å². The molecule has 4 aliphatic carbocycles. The minimum atomic E-state index is 0.705. The molecule has 0 aromatic carbocycles. The predicted molar refractivity (Wildman–Crippen MR) is 72.5 cm³/mol. The van der Waals surface area contributed by atoms with Gasteiger partial charge in [-0.3, -0.25) is 4.90 Å². The maximum Gasteiger partial charge on any atom is 0.0594 e. The van der Waals surface area contributed by atoms with E-state index in [0.717, 1.165) is 31.0 Å². The normalized spacial score (nSPS) is 48.3. The van der Waals surface area contributed by atoms with Crippen LogP contribution < -0.4 is 0 Å². The van der Waals surface area contributed by atoms with E-state index in [1.807, 2.05) is 0 Å². The summed E-state index contributed by atoms with van der Waals surface area (Å²) >= 11 is 0. The van der Waals surface area contributed by atoms with Crippen LogP contribution in [0.15, 0.2) is 0 Å². The molecule has 0 N–H and O–H groups in total. The van der Waals surface area contributed by atoms with E-state index < -0.39 is 0 Å². The first-order valence-corrected chi connectivity index (χ1v) is 8.11. The van der Waals surface area contributed by atoms with Crippen molar-refractivity contribution in [1.29, 1.82) is 0 Å². The maximum atomic E-state index is 5.50. The van der Waals surface area contributed by atoms with Crippen LogP contribution >= 0.6 is 0 Å². The SMILES string of the molecule is C1CN(CC23CCC4CC(CC(C4)C2)C3)CCO1. The van der Waals surface area contributed by atoms with Gasteiger partial charge >= 0.3 is 0 Å². The van der Waals surface area contributed by atoms with Crippen molar-refractivity contribution in [2.75, 3.05) is 32.8 Å². The average Bonchev–Trinajstić information content (AvgIpc) is 2.55. The Kier molecular flexibility index (Phi) is 2.92. The van der Waals surface area contributed by atoms with Crippen LogP contribution in [0.25, 0.3) is 0 Å². The summed E-state index contributed by atoms with van der Waals surface area (Å²) in [6.45, 7) is 5.67. The monoisotopic (exact) mass is 249 g/mol. The van der Waals surface area contributed by atoms with Crippen LogP contribution in [0.2, 0.25) is 0 Å². The molecule has 0 spiro atoms. The Bertz CT molecular complexity index is 296. The smallest absolute Gasteiger partial charge is 0.0594 e. The lowest BCUT2D eigenvalue weighted by atomic mass is 9.61. The molecule has 5 aliphatic rings. The van der Waals surface area contributed by atoms with Gasteiger partial charge in [0.1, 0.15) is 0 Å². The van der Waals surface area contributed by atoms with Gasteiger partial charge in [-0.05, 0) is 68.1 Å². The third kappa shape index (κ3) is 2.12. The van der Waals surface area contributed by atoms with Crippen molar-refractivity contribution in [2.24, 2.45) is 23.2 Å². The van der Waals surface area contributed by atoms with E-state index >= 15 is 0 Å². The summed E-state index contributed by atoms with van der Waals surface area (Å²) in [5.74, 6) is 3.28. The lowest BCUT2D eigenvalue weighted by Gasteiger charge is -2.47. The zero-order valence-electron chi connectivity index (χ0n) is 11.6. The molecule has 5 fully saturated rings. The van der Waals surface area contributed by atoms with Crippen LogP contribution in [0.4, 0.5) is 0 Å². The number of hydrogen-bond donors (Lipinski definition) is 0. The molecular weight excluding hydrogens is 222 g/mol. The molecule has 0 amide bonds. The number of hydrogen-bond acceptors (Lipinski definition) is 2. The van der Waals surface area contributed by atoms with Gasteiger partial charge in [-0.1, -0.05) is 0 Å². The Morgan fingerprint density at radius 2 is 1.61 bits per heavy atom. The molecule has 0 aromatic heterocycles. The zero-order valence-corrected chi connectivity index (χ0v) is 11.6. The molecule has 0 aromatic rings. The van der Waals surface area contributed by atoms with Crippen LogP contribution in [-0.2, 0) is 4.74 Å². The lowest BCUT2D eigenvalue weighted by molar-refractivity contribution is -0.0119. The molecule has 18 heavy (non-hydrogen) atoms. The molecular formula is C16H27NO. The first kappa shape index (κ1) is 11.7. The highest BCUT2D eigenvalue weighted by molar-refractivity contribution is 4.99. The number of rotatable bonds is 2. The van der Waals surface area contributed by atoms with Gasteiger partial charge in [0, 0.05) is 19.6 Å². The highest BCUT2D eigenvalue weighted by atomic mass is 16.5. The largest absolute Gasteiger partial charge is 0.379 e. The van der Waals surface area contributed by atoms with E-state index in [1.54, 1.807) is 32.1 Å². The molecule has 4 bridgehead atoms. The quantitative estimate of drug-likeness (QED) is 0.746. The van der Waals surface area contributed by atoms with E-state index in [4.69, 9.17) is 4.74 Å². The molecule has 1 saturated heterocycles. The van der Waals surface area contributed by atoms with Gasteiger partial charge in [-0.15, -0.1) is 0 Å². The van der Waals surface area contributed by atoms with Gasteiger partial charge in [0.15, 0.2) is 0 Å². The second-order valence-corrected chi connectivity index (χ2v) is 7.64. The maximum absolute atomic E-state index is 5.50. The Balaban J connectivity index is 1.51. The fourth-order valence-corrected chi connectivity index (χ4v) is 5.74. The van der Waals surface area contributed by atoms with Crippen molar-refractivity contribution in [3.63, 3.8) is 0 Å². The first-order valence-electron chi connectivity index (χ1n) is 8.11. The van der Waals surface area contributed by atoms with Gasteiger partial charge in [-0.25, -0.2) is 0 Å². The molecule has 2 heteroatoms. The number of fused-ring (bicyclic) bond motifs is 1. The van der Waals surface area contributed by atoms with E-state index in [0.29, 0.717) is 5.41 Å². The molecule has 2 atom stereocenters. The van der Waals surface area contributed by atoms with E-state index in [1.165, 1.54) is 32.5 Å². The third-order valence-corrected chi connectivity index (χ3v) is 6.19. The van der Waals surface area contributed by atoms with Gasteiger partial charge in [0.25, 0.3) is 0 Å². The van der Waals surface area contributed by atoms with E-state index in [9.17, 15) is 0 Å². The standard InChI is InChI=1S/C16H27NO/c1-2-16(12-17-3-5-18-6-4-17)10-14-7-13(1)8-15(9-14)11-16/h13-15H,1-12H2. The van der Waals surface area contributed by atoms with Crippen molar-refractivity contribution in [1.82, 2.24) is 4.90 Å². The summed E-state index contributed by atoms with van der Waals surface area (Å²) in [6, 6.07) is 0. The topological polar surface area (TPSA) is 12.5 Å². The fraction of sp³-hybridized carbons (Fsp3) is 1.00. The summed E-state index contributed by atoms with van der Waals surface area (Å²) < 4.78 is 5.50. The third-order valence-electron chi connectivity index (χ3n) is 6.19. The number of ether oxygens (including phenoxy) is 1. The van der Waals surface area contributed by atoms with Gasteiger partial charge in [-0.2, -0.15) is 0 Å². The van der Waals surface area contributed by atoms with E-state index in [2.05, 4.69) is 4.90 Å². The molecule has 5 rings (SSSR count). The van der Waals surface area contributed by atoms with Crippen molar-refractivity contribution >= 4 is 0 Å². The minimum absolute atomic E-state index is 0.705. The van der Waals surface area contributed by atoms with Gasteiger partial charge in [0.2, 0.25) is 0 Å². The summed E-state index contributed by atoms with van der Waals surface area (Å²) in [6.07, 6.45) is 10.9. The van der Waals surface area contributed by atoms with Crippen LogP contribution in [0.1, 0.15) is 44.9 Å². The van der Waals surface area contributed by atoms with E-state index in [-0.39, 0.29) is 0 Å². The first-order chi connectivity index (χ1) is 8.81. The summed E-state index contributed by atoms with van der Waals surface area (Å²) in [5.41, 5.74) is 0.705. The van der Waals surface area contributed by atoms with Crippen LogP contribution in [0.5, 0.6) is 0 Å². The summed E-state index contributed by atoms with van der Waals surface area (Å²) in [7, 11) is 0. The Morgan fingerprint density at radius 3 is 2.33 bits per heavy atom. The molecule has 1 aliphatic heterocycles. The van der Waals surface area contributed by atoms with Crippen molar-refractivity contribution < 1.29 is 4.74 Å². The molecule has 102 valence electrons. The van der Waals surface area contributed by atoms with Gasteiger partial charge in [0.05, 0.1) is 13.2 Å². The molecule has 2 nitrogen and oxygen atoms in total. The summed E-state index contributed by atoms with van der Waals surface area (Å²) in [4.78, 5) is 2.70.